The van der Waals surface area contributed by atoms with Gasteiger partial charge in [-0.05, 0) is 78.4 Å². The Balaban J connectivity index is 1.42. The van der Waals surface area contributed by atoms with Crippen LogP contribution in [0.2, 0.25) is 0 Å². The SMILES string of the molecule is CC(C)(C)C(NC12CC3CC(CC(C3)C1)C2)C(=O)NC(c1ccccc1)(c1ccccc1)c1ccccc1. The molecule has 1 amide bonds. The van der Waals surface area contributed by atoms with Crippen LogP contribution in [-0.4, -0.2) is 17.5 Å². The van der Waals surface area contributed by atoms with Crippen LogP contribution in [0.15, 0.2) is 91.0 Å². The highest BCUT2D eigenvalue weighted by molar-refractivity contribution is 5.85. The highest BCUT2D eigenvalue weighted by atomic mass is 16.2. The molecule has 4 bridgehead atoms. The molecular weight excluding hydrogens is 464 g/mol. The third-order valence-electron chi connectivity index (χ3n) is 9.55. The average Bonchev–Trinajstić information content (AvgIpc) is 2.90. The third kappa shape index (κ3) is 4.60. The molecule has 3 aromatic carbocycles. The molecule has 0 aromatic heterocycles. The van der Waals surface area contributed by atoms with Gasteiger partial charge in [-0.3, -0.25) is 10.1 Å². The molecule has 1 atom stereocenters. The Kier molecular flexibility index (Phi) is 6.46. The van der Waals surface area contributed by atoms with Crippen LogP contribution in [0.4, 0.5) is 0 Å². The van der Waals surface area contributed by atoms with Gasteiger partial charge in [-0.2, -0.15) is 0 Å². The van der Waals surface area contributed by atoms with Gasteiger partial charge in [0.15, 0.2) is 0 Å². The monoisotopic (exact) mass is 506 g/mol. The van der Waals surface area contributed by atoms with E-state index in [4.69, 9.17) is 0 Å². The molecule has 3 aromatic rings. The van der Waals surface area contributed by atoms with E-state index in [1.807, 2.05) is 18.2 Å². The molecule has 1 unspecified atom stereocenters. The lowest BCUT2D eigenvalue weighted by molar-refractivity contribution is -0.129. The summed E-state index contributed by atoms with van der Waals surface area (Å²) < 4.78 is 0. The van der Waals surface area contributed by atoms with Gasteiger partial charge >= 0.3 is 0 Å². The zero-order valence-electron chi connectivity index (χ0n) is 23.1. The second-order valence-electron chi connectivity index (χ2n) is 13.5. The standard InChI is InChI=1S/C35H42N2O/c1-33(2,3)31(36-34-22-25-19-26(23-34)21-27(20-25)24-34)32(38)37-35(28-13-7-4-8-14-28,29-15-9-5-10-16-29)30-17-11-6-12-18-30/h4-18,25-27,31,36H,19-24H2,1-3H3,(H,37,38). The Labute approximate surface area is 228 Å². The Morgan fingerprint density at radius 2 is 1.05 bits per heavy atom. The average molecular weight is 507 g/mol. The molecule has 3 nitrogen and oxygen atoms in total. The fraction of sp³-hybridized carbons (Fsp3) is 0.457. The summed E-state index contributed by atoms with van der Waals surface area (Å²) >= 11 is 0. The number of carbonyl (C=O) groups is 1. The van der Waals surface area contributed by atoms with Crippen LogP contribution < -0.4 is 10.6 Å². The van der Waals surface area contributed by atoms with Crippen LogP contribution in [0.3, 0.4) is 0 Å². The van der Waals surface area contributed by atoms with E-state index in [1.54, 1.807) is 0 Å². The Morgan fingerprint density at radius 3 is 1.39 bits per heavy atom. The molecule has 38 heavy (non-hydrogen) atoms. The molecule has 198 valence electrons. The van der Waals surface area contributed by atoms with Gasteiger partial charge in [0.2, 0.25) is 5.91 Å². The van der Waals surface area contributed by atoms with E-state index in [-0.39, 0.29) is 22.9 Å². The molecule has 4 aliphatic rings. The smallest absolute Gasteiger partial charge is 0.238 e. The van der Waals surface area contributed by atoms with Crippen molar-refractivity contribution in [3.8, 4) is 0 Å². The van der Waals surface area contributed by atoms with Crippen molar-refractivity contribution in [2.45, 2.75) is 76.4 Å². The molecule has 4 saturated carbocycles. The van der Waals surface area contributed by atoms with Crippen LogP contribution in [0.5, 0.6) is 0 Å². The maximum atomic E-state index is 14.7. The number of amides is 1. The maximum Gasteiger partial charge on any atom is 0.238 e. The molecule has 4 fully saturated rings. The minimum atomic E-state index is -0.798. The van der Waals surface area contributed by atoms with Gasteiger partial charge in [0.1, 0.15) is 5.54 Å². The number of rotatable bonds is 7. The molecule has 4 aliphatic carbocycles. The van der Waals surface area contributed by atoms with Crippen LogP contribution in [0.25, 0.3) is 0 Å². The van der Waals surface area contributed by atoms with Crippen molar-refractivity contribution in [2.75, 3.05) is 0 Å². The minimum absolute atomic E-state index is 0.0739. The van der Waals surface area contributed by atoms with E-state index >= 15 is 0 Å². The van der Waals surface area contributed by atoms with Crippen LogP contribution in [-0.2, 0) is 10.3 Å². The molecule has 2 N–H and O–H groups in total. The van der Waals surface area contributed by atoms with E-state index < -0.39 is 5.54 Å². The predicted molar refractivity (Wildman–Crippen MR) is 155 cm³/mol. The fourth-order valence-corrected chi connectivity index (χ4v) is 8.31. The molecule has 0 spiro atoms. The predicted octanol–water partition coefficient (Wildman–Crippen LogP) is 7.07. The van der Waals surface area contributed by atoms with Gasteiger partial charge in [0.05, 0.1) is 6.04 Å². The van der Waals surface area contributed by atoms with Crippen molar-refractivity contribution in [1.82, 2.24) is 10.6 Å². The Bertz CT molecular complexity index is 1110. The lowest BCUT2D eigenvalue weighted by atomic mass is 9.52. The van der Waals surface area contributed by atoms with Crippen molar-refractivity contribution in [2.24, 2.45) is 23.2 Å². The lowest BCUT2D eigenvalue weighted by Crippen LogP contribution is -2.67. The van der Waals surface area contributed by atoms with Crippen molar-refractivity contribution in [1.29, 1.82) is 0 Å². The second-order valence-corrected chi connectivity index (χ2v) is 13.5. The summed E-state index contributed by atoms with van der Waals surface area (Å²) in [5.41, 5.74) is 2.25. The molecule has 3 heteroatoms. The van der Waals surface area contributed by atoms with Crippen LogP contribution >= 0.6 is 0 Å². The first kappa shape index (κ1) is 25.4. The molecule has 0 aliphatic heterocycles. The van der Waals surface area contributed by atoms with E-state index in [1.165, 1.54) is 38.5 Å². The van der Waals surface area contributed by atoms with Crippen molar-refractivity contribution < 1.29 is 4.79 Å². The van der Waals surface area contributed by atoms with E-state index in [2.05, 4.69) is 104 Å². The van der Waals surface area contributed by atoms with Crippen molar-refractivity contribution >= 4 is 5.91 Å². The van der Waals surface area contributed by atoms with Crippen LogP contribution in [0.1, 0.15) is 76.0 Å². The maximum absolute atomic E-state index is 14.7. The molecule has 0 saturated heterocycles. The largest absolute Gasteiger partial charge is 0.337 e. The fourth-order valence-electron chi connectivity index (χ4n) is 8.31. The molecule has 7 rings (SSSR count). The summed E-state index contributed by atoms with van der Waals surface area (Å²) in [4.78, 5) is 14.7. The minimum Gasteiger partial charge on any atom is -0.337 e. The Hall–Kier alpha value is -2.91. The summed E-state index contributed by atoms with van der Waals surface area (Å²) in [6.07, 6.45) is 7.85. The summed E-state index contributed by atoms with van der Waals surface area (Å²) in [6, 6.07) is 31.0. The second kappa shape index (κ2) is 9.68. The number of hydrogen-bond acceptors (Lipinski definition) is 2. The van der Waals surface area contributed by atoms with Gasteiger partial charge in [-0.15, -0.1) is 0 Å². The van der Waals surface area contributed by atoms with Crippen molar-refractivity contribution in [3.63, 3.8) is 0 Å². The third-order valence-corrected chi connectivity index (χ3v) is 9.55. The zero-order chi connectivity index (χ0) is 26.4. The highest BCUT2D eigenvalue weighted by Crippen LogP contribution is 2.56. The first-order chi connectivity index (χ1) is 18.3. The first-order valence-electron chi connectivity index (χ1n) is 14.5. The van der Waals surface area contributed by atoms with Gasteiger partial charge in [-0.1, -0.05) is 112 Å². The molecular formula is C35H42N2O. The van der Waals surface area contributed by atoms with Gasteiger partial charge in [0, 0.05) is 5.54 Å². The zero-order valence-corrected chi connectivity index (χ0v) is 23.1. The van der Waals surface area contributed by atoms with Gasteiger partial charge < -0.3 is 5.32 Å². The van der Waals surface area contributed by atoms with Crippen molar-refractivity contribution in [3.05, 3.63) is 108 Å². The number of benzene rings is 3. The van der Waals surface area contributed by atoms with E-state index in [0.717, 1.165) is 34.4 Å². The summed E-state index contributed by atoms with van der Waals surface area (Å²) in [5.74, 6) is 2.56. The summed E-state index contributed by atoms with van der Waals surface area (Å²) in [6.45, 7) is 6.62. The summed E-state index contributed by atoms with van der Waals surface area (Å²) in [7, 11) is 0. The first-order valence-corrected chi connectivity index (χ1v) is 14.5. The van der Waals surface area contributed by atoms with Crippen LogP contribution in [0, 0.1) is 23.2 Å². The molecule has 0 heterocycles. The topological polar surface area (TPSA) is 41.1 Å². The lowest BCUT2D eigenvalue weighted by Gasteiger charge is -2.58. The highest BCUT2D eigenvalue weighted by Gasteiger charge is 2.53. The Morgan fingerprint density at radius 1 is 0.684 bits per heavy atom. The normalized spacial score (nSPS) is 27.2. The van der Waals surface area contributed by atoms with E-state index in [0.29, 0.717) is 0 Å². The molecule has 0 radical (unpaired) electrons. The van der Waals surface area contributed by atoms with E-state index in [9.17, 15) is 4.79 Å². The number of carbonyl (C=O) groups excluding carboxylic acids is 1. The summed E-state index contributed by atoms with van der Waals surface area (Å²) in [5, 5.41) is 7.73. The van der Waals surface area contributed by atoms with Gasteiger partial charge in [0.25, 0.3) is 0 Å². The number of nitrogens with one attached hydrogen (secondary N) is 2. The van der Waals surface area contributed by atoms with Gasteiger partial charge in [-0.25, -0.2) is 0 Å². The quantitative estimate of drug-likeness (QED) is 0.337. The number of hydrogen-bond donors (Lipinski definition) is 2.